The molecule has 2 N–H and O–H groups in total. The van der Waals surface area contributed by atoms with E-state index in [1.165, 1.54) is 0 Å². The lowest BCUT2D eigenvalue weighted by Crippen LogP contribution is -2.36. The summed E-state index contributed by atoms with van der Waals surface area (Å²) in [4.78, 5) is 43.2. The van der Waals surface area contributed by atoms with Crippen molar-refractivity contribution in [2.45, 2.75) is 75.6 Å². The van der Waals surface area contributed by atoms with E-state index >= 15 is 0 Å². The summed E-state index contributed by atoms with van der Waals surface area (Å²) in [5.74, 6) is -0.0642. The van der Waals surface area contributed by atoms with Gasteiger partial charge in [0.1, 0.15) is 0 Å². The first-order valence-electron chi connectivity index (χ1n) is 8.69. The average Bonchev–Trinajstić information content (AvgIpc) is 3.09. The number of rotatable bonds is 9. The van der Waals surface area contributed by atoms with Crippen LogP contribution in [-0.2, 0) is 19.4 Å². The number of unbranched alkanes of at least 4 members (excludes halogenated alkanes) is 3. The van der Waals surface area contributed by atoms with Crippen molar-refractivity contribution in [3.63, 3.8) is 0 Å². The molecule has 2 rings (SSSR count). The Hall–Kier alpha value is -1.44. The van der Waals surface area contributed by atoms with Crippen molar-refractivity contribution in [2.24, 2.45) is 0 Å². The zero-order valence-electron chi connectivity index (χ0n) is 14.0. The van der Waals surface area contributed by atoms with Crippen LogP contribution in [0.3, 0.4) is 0 Å². The maximum absolute atomic E-state index is 11.5. The van der Waals surface area contributed by atoms with Gasteiger partial charge in [-0.15, -0.1) is 0 Å². The molecule has 0 spiro atoms. The molecular formula is C16H26N2O5S. The molecule has 2 fully saturated rings. The van der Waals surface area contributed by atoms with Gasteiger partial charge in [-0.25, -0.2) is 24.2 Å². The molecule has 2 heterocycles. The number of nitrogens with one attached hydrogen (secondary N) is 2. The molecule has 2 aliphatic heterocycles. The molecule has 7 nitrogen and oxygen atoms in total. The van der Waals surface area contributed by atoms with Crippen LogP contribution in [0.15, 0.2) is 0 Å². The van der Waals surface area contributed by atoms with E-state index in [-0.39, 0.29) is 31.0 Å². The third-order valence-electron chi connectivity index (χ3n) is 4.27. The summed E-state index contributed by atoms with van der Waals surface area (Å²) >= 11 is 1.86. The van der Waals surface area contributed by atoms with Crippen LogP contribution in [0, 0.1) is 0 Å². The van der Waals surface area contributed by atoms with Crippen molar-refractivity contribution < 1.29 is 24.2 Å². The fourth-order valence-electron chi connectivity index (χ4n) is 2.95. The summed E-state index contributed by atoms with van der Waals surface area (Å²) < 4.78 is 0. The van der Waals surface area contributed by atoms with E-state index in [9.17, 15) is 14.4 Å². The topological polar surface area (TPSA) is 93.7 Å². The summed E-state index contributed by atoms with van der Waals surface area (Å²) in [5.41, 5.74) is 0. The molecule has 0 radical (unpaired) electrons. The summed E-state index contributed by atoms with van der Waals surface area (Å²) in [6.45, 7) is 2.05. The van der Waals surface area contributed by atoms with Gasteiger partial charge in [-0.1, -0.05) is 26.2 Å². The average molecular weight is 358 g/mol. The van der Waals surface area contributed by atoms with Crippen molar-refractivity contribution in [2.75, 3.05) is 5.75 Å². The standard InChI is InChI=1S/C16H26N2O5S/c1-2-3-4-8-13(19)22-23-14(20)9-6-5-7-12-15-11(10-24-12)17-16(21)18-15/h11-12,15H,2-10H2,1H3,(H2,17,18,21)/t11-,12-,15-/m1/s1. The fourth-order valence-corrected chi connectivity index (χ4v) is 4.50. The monoisotopic (exact) mass is 358 g/mol. The lowest BCUT2D eigenvalue weighted by Gasteiger charge is -2.16. The number of hydrogen-bond acceptors (Lipinski definition) is 6. The quantitative estimate of drug-likeness (QED) is 0.284. The third kappa shape index (κ3) is 5.89. The Kier molecular flexibility index (Phi) is 7.68. The Balaban J connectivity index is 1.50. The molecule has 2 saturated heterocycles. The zero-order chi connectivity index (χ0) is 17.4. The van der Waals surface area contributed by atoms with Crippen LogP contribution in [0.2, 0.25) is 0 Å². The Bertz CT molecular complexity index is 460. The van der Waals surface area contributed by atoms with Gasteiger partial charge in [0.25, 0.3) is 0 Å². The van der Waals surface area contributed by atoms with Gasteiger partial charge >= 0.3 is 18.0 Å². The second-order valence-electron chi connectivity index (χ2n) is 6.24. The lowest BCUT2D eigenvalue weighted by molar-refractivity contribution is -0.259. The molecule has 136 valence electrons. The van der Waals surface area contributed by atoms with Crippen molar-refractivity contribution in [1.29, 1.82) is 0 Å². The van der Waals surface area contributed by atoms with Gasteiger partial charge in [0.2, 0.25) is 0 Å². The van der Waals surface area contributed by atoms with Gasteiger partial charge < -0.3 is 10.6 Å². The number of amides is 2. The molecule has 0 saturated carbocycles. The van der Waals surface area contributed by atoms with Crippen molar-refractivity contribution in [1.82, 2.24) is 10.6 Å². The lowest BCUT2D eigenvalue weighted by atomic mass is 10.0. The summed E-state index contributed by atoms with van der Waals surface area (Å²) in [7, 11) is 0. The molecule has 8 heteroatoms. The SMILES string of the molecule is CCCCCC(=O)OOC(=O)CCCC[C@H]1SC[C@H]2NC(=O)N[C@H]21. The van der Waals surface area contributed by atoms with E-state index < -0.39 is 11.9 Å². The van der Waals surface area contributed by atoms with Crippen LogP contribution >= 0.6 is 11.8 Å². The normalized spacial score (nSPS) is 24.9. The second-order valence-corrected chi connectivity index (χ2v) is 7.51. The van der Waals surface area contributed by atoms with Crippen molar-refractivity contribution in [3.8, 4) is 0 Å². The van der Waals surface area contributed by atoms with Crippen LogP contribution in [0.4, 0.5) is 4.79 Å². The minimum absolute atomic E-state index is 0.0837. The highest BCUT2D eigenvalue weighted by atomic mass is 32.2. The molecule has 0 aromatic carbocycles. The zero-order valence-corrected chi connectivity index (χ0v) is 14.9. The maximum atomic E-state index is 11.5. The van der Waals surface area contributed by atoms with Gasteiger partial charge in [0, 0.05) is 11.0 Å². The molecule has 0 aromatic rings. The van der Waals surface area contributed by atoms with Gasteiger partial charge in [-0.05, 0) is 19.3 Å². The van der Waals surface area contributed by atoms with Crippen LogP contribution in [0.25, 0.3) is 0 Å². The highest BCUT2D eigenvalue weighted by Crippen LogP contribution is 2.33. The largest absolute Gasteiger partial charge is 0.355 e. The van der Waals surface area contributed by atoms with Gasteiger partial charge in [0.05, 0.1) is 24.9 Å². The van der Waals surface area contributed by atoms with Crippen molar-refractivity contribution in [3.05, 3.63) is 0 Å². The fraction of sp³-hybridized carbons (Fsp3) is 0.812. The van der Waals surface area contributed by atoms with Crippen molar-refractivity contribution >= 4 is 29.7 Å². The van der Waals surface area contributed by atoms with E-state index in [1.807, 2.05) is 18.7 Å². The van der Waals surface area contributed by atoms with E-state index in [0.717, 1.165) is 37.9 Å². The van der Waals surface area contributed by atoms with Gasteiger partial charge in [0.15, 0.2) is 0 Å². The first kappa shape index (κ1) is 18.9. The number of urea groups is 1. The van der Waals surface area contributed by atoms with Crippen LogP contribution in [0.1, 0.15) is 58.3 Å². The van der Waals surface area contributed by atoms with Gasteiger partial charge in [-0.2, -0.15) is 11.8 Å². The van der Waals surface area contributed by atoms with E-state index in [0.29, 0.717) is 11.7 Å². The molecule has 2 amide bonds. The number of carbonyl (C=O) groups excluding carboxylic acids is 3. The predicted molar refractivity (Wildman–Crippen MR) is 90.3 cm³/mol. The predicted octanol–water partition coefficient (Wildman–Crippen LogP) is 2.29. The number of hydrogen-bond donors (Lipinski definition) is 2. The molecule has 24 heavy (non-hydrogen) atoms. The van der Waals surface area contributed by atoms with E-state index in [4.69, 9.17) is 0 Å². The Morgan fingerprint density at radius 1 is 1.08 bits per heavy atom. The van der Waals surface area contributed by atoms with E-state index in [2.05, 4.69) is 20.4 Å². The number of carbonyl (C=O) groups is 3. The Morgan fingerprint density at radius 2 is 1.75 bits per heavy atom. The molecule has 0 unspecified atom stereocenters. The summed E-state index contributed by atoms with van der Waals surface area (Å²) in [6.07, 6.45) is 5.74. The van der Waals surface area contributed by atoms with Crippen LogP contribution in [-0.4, -0.2) is 41.1 Å². The number of thioether (sulfide) groups is 1. The first-order valence-corrected chi connectivity index (χ1v) is 9.74. The summed E-state index contributed by atoms with van der Waals surface area (Å²) in [5, 5.41) is 6.25. The number of fused-ring (bicyclic) bond motifs is 1. The third-order valence-corrected chi connectivity index (χ3v) is 5.78. The molecule has 0 aromatic heterocycles. The second kappa shape index (κ2) is 9.76. The molecular weight excluding hydrogens is 332 g/mol. The first-order chi connectivity index (χ1) is 11.6. The molecule has 2 aliphatic rings. The summed E-state index contributed by atoms with van der Waals surface area (Å²) in [6, 6.07) is 0.336. The van der Waals surface area contributed by atoms with E-state index in [1.54, 1.807) is 0 Å². The van der Waals surface area contributed by atoms with Gasteiger partial charge in [-0.3, -0.25) is 0 Å². The Morgan fingerprint density at radius 3 is 2.42 bits per heavy atom. The highest BCUT2D eigenvalue weighted by molar-refractivity contribution is 8.00. The minimum Gasteiger partial charge on any atom is -0.332 e. The van der Waals surface area contributed by atoms with Crippen LogP contribution < -0.4 is 10.6 Å². The highest BCUT2D eigenvalue weighted by Gasteiger charge is 2.42. The molecule has 0 aliphatic carbocycles. The smallest absolute Gasteiger partial charge is 0.332 e. The molecule has 3 atom stereocenters. The molecule has 0 bridgehead atoms. The maximum Gasteiger partial charge on any atom is 0.355 e. The van der Waals surface area contributed by atoms with Crippen LogP contribution in [0.5, 0.6) is 0 Å². The minimum atomic E-state index is -0.508. The Labute approximate surface area is 146 Å².